The van der Waals surface area contributed by atoms with Crippen LogP contribution < -0.4 is 14.8 Å². The minimum absolute atomic E-state index is 0.00699. The molecule has 1 aromatic carbocycles. The fourth-order valence-electron chi connectivity index (χ4n) is 3.67. The molecule has 0 bridgehead atoms. The van der Waals surface area contributed by atoms with Gasteiger partial charge in [-0.1, -0.05) is 12.1 Å². The summed E-state index contributed by atoms with van der Waals surface area (Å²) < 4.78 is 10.7. The van der Waals surface area contributed by atoms with E-state index in [0.717, 1.165) is 35.6 Å². The van der Waals surface area contributed by atoms with Crippen molar-refractivity contribution in [2.24, 2.45) is 5.92 Å². The minimum Gasteiger partial charge on any atom is -0.454 e. The molecule has 2 N–H and O–H groups in total. The van der Waals surface area contributed by atoms with Gasteiger partial charge in [-0.2, -0.15) is 0 Å². The van der Waals surface area contributed by atoms with Gasteiger partial charge in [-0.3, -0.25) is 9.78 Å². The highest BCUT2D eigenvalue weighted by Gasteiger charge is 2.34. The number of aryl methyl sites for hydroxylation is 1. The van der Waals surface area contributed by atoms with Crippen molar-refractivity contribution in [3.05, 3.63) is 53.9 Å². The lowest BCUT2D eigenvalue weighted by molar-refractivity contribution is -0.122. The predicted molar refractivity (Wildman–Crippen MR) is 99.5 cm³/mol. The number of aliphatic hydroxyl groups is 1. The number of benzene rings is 1. The fourth-order valence-corrected chi connectivity index (χ4v) is 3.67. The van der Waals surface area contributed by atoms with Gasteiger partial charge in [-0.25, -0.2) is 0 Å². The second-order valence-corrected chi connectivity index (χ2v) is 7.27. The Morgan fingerprint density at radius 3 is 2.85 bits per heavy atom. The molecule has 1 aliphatic heterocycles. The van der Waals surface area contributed by atoms with Gasteiger partial charge >= 0.3 is 0 Å². The van der Waals surface area contributed by atoms with Crippen LogP contribution in [0.3, 0.4) is 0 Å². The van der Waals surface area contributed by atoms with Crippen molar-refractivity contribution in [1.82, 2.24) is 10.3 Å². The molecular weight excluding hydrogens is 344 g/mol. The molecule has 142 valence electrons. The van der Waals surface area contributed by atoms with Gasteiger partial charge in [-0.15, -0.1) is 0 Å². The maximum Gasteiger partial charge on any atom is 0.231 e. The van der Waals surface area contributed by atoms with E-state index in [-0.39, 0.29) is 24.8 Å². The number of hydrogen-bond acceptors (Lipinski definition) is 5. The topological polar surface area (TPSA) is 80.7 Å². The molecular formula is C21H24N2O4. The SMILES string of the molecule is O=C(CCc1ccc2c(c1)OCO2)N[C@@H](Cc1ccccn1)C1CC(O)C1. The monoisotopic (exact) mass is 368 g/mol. The Labute approximate surface area is 158 Å². The second kappa shape index (κ2) is 7.96. The van der Waals surface area contributed by atoms with Crippen molar-refractivity contribution in [2.75, 3.05) is 6.79 Å². The summed E-state index contributed by atoms with van der Waals surface area (Å²) in [6.45, 7) is 0.252. The molecule has 2 heterocycles. The summed E-state index contributed by atoms with van der Waals surface area (Å²) in [7, 11) is 0. The first kappa shape index (κ1) is 17.8. The number of rotatable bonds is 7. The number of carbonyl (C=O) groups excluding carboxylic acids is 1. The number of pyridine rings is 1. The van der Waals surface area contributed by atoms with Crippen LogP contribution in [0.1, 0.15) is 30.5 Å². The standard InChI is InChI=1S/C21H24N2O4/c24-17-10-15(11-17)18(12-16-3-1-2-8-22-16)23-21(25)7-5-14-4-6-19-20(9-14)27-13-26-19/h1-4,6,8-9,15,17-18,24H,5,7,10-13H2,(H,23,25)/t15?,17?,18-/m0/s1. The molecule has 0 radical (unpaired) electrons. The number of nitrogens with one attached hydrogen (secondary N) is 1. The zero-order valence-corrected chi connectivity index (χ0v) is 15.1. The van der Waals surface area contributed by atoms with E-state index in [2.05, 4.69) is 10.3 Å². The van der Waals surface area contributed by atoms with Gasteiger partial charge in [0.15, 0.2) is 11.5 Å². The summed E-state index contributed by atoms with van der Waals surface area (Å²) in [5.74, 6) is 1.82. The van der Waals surface area contributed by atoms with E-state index in [9.17, 15) is 9.90 Å². The molecule has 4 rings (SSSR count). The van der Waals surface area contributed by atoms with Gasteiger partial charge in [0.25, 0.3) is 0 Å². The maximum absolute atomic E-state index is 12.5. The number of aromatic nitrogens is 1. The quantitative estimate of drug-likeness (QED) is 0.783. The van der Waals surface area contributed by atoms with Crippen molar-refractivity contribution >= 4 is 5.91 Å². The smallest absolute Gasteiger partial charge is 0.231 e. The fraction of sp³-hybridized carbons (Fsp3) is 0.429. The van der Waals surface area contributed by atoms with Gasteiger partial charge < -0.3 is 19.9 Å². The second-order valence-electron chi connectivity index (χ2n) is 7.27. The van der Waals surface area contributed by atoms with E-state index in [4.69, 9.17) is 9.47 Å². The first-order valence-corrected chi connectivity index (χ1v) is 9.43. The van der Waals surface area contributed by atoms with Crippen LogP contribution in [-0.2, 0) is 17.6 Å². The van der Waals surface area contributed by atoms with Gasteiger partial charge in [0.2, 0.25) is 12.7 Å². The number of aliphatic hydroxyl groups excluding tert-OH is 1. The average molecular weight is 368 g/mol. The highest BCUT2D eigenvalue weighted by molar-refractivity contribution is 5.76. The molecule has 2 aliphatic rings. The molecule has 0 saturated heterocycles. The number of nitrogens with zero attached hydrogens (tertiary/aromatic N) is 1. The van der Waals surface area contributed by atoms with Crippen LogP contribution >= 0.6 is 0 Å². The van der Waals surface area contributed by atoms with Crippen molar-refractivity contribution in [3.8, 4) is 11.5 Å². The van der Waals surface area contributed by atoms with Gasteiger partial charge in [-0.05, 0) is 55.0 Å². The van der Waals surface area contributed by atoms with E-state index in [1.807, 2.05) is 36.4 Å². The Hall–Kier alpha value is -2.60. The van der Waals surface area contributed by atoms with Gasteiger partial charge in [0, 0.05) is 30.8 Å². The molecule has 1 amide bonds. The van der Waals surface area contributed by atoms with E-state index < -0.39 is 0 Å². The van der Waals surface area contributed by atoms with E-state index in [1.54, 1.807) is 6.20 Å². The van der Waals surface area contributed by atoms with Gasteiger partial charge in [0.1, 0.15) is 0 Å². The van der Waals surface area contributed by atoms with Crippen molar-refractivity contribution in [1.29, 1.82) is 0 Å². The molecule has 6 heteroatoms. The number of carbonyl (C=O) groups is 1. The first-order valence-electron chi connectivity index (χ1n) is 9.43. The zero-order valence-electron chi connectivity index (χ0n) is 15.1. The first-order chi connectivity index (χ1) is 13.2. The summed E-state index contributed by atoms with van der Waals surface area (Å²) in [5, 5.41) is 12.8. The number of fused-ring (bicyclic) bond motifs is 1. The molecule has 0 unspecified atom stereocenters. The molecule has 0 spiro atoms. The number of amides is 1. The third-order valence-corrected chi connectivity index (χ3v) is 5.30. The highest BCUT2D eigenvalue weighted by Crippen LogP contribution is 2.33. The van der Waals surface area contributed by atoms with Gasteiger partial charge in [0.05, 0.1) is 6.10 Å². The Morgan fingerprint density at radius 2 is 2.07 bits per heavy atom. The van der Waals surface area contributed by atoms with E-state index >= 15 is 0 Å². The average Bonchev–Trinajstić information content (AvgIpc) is 3.12. The largest absolute Gasteiger partial charge is 0.454 e. The van der Waals surface area contributed by atoms with Crippen molar-refractivity contribution in [2.45, 2.75) is 44.2 Å². The Morgan fingerprint density at radius 1 is 1.22 bits per heavy atom. The lowest BCUT2D eigenvalue weighted by atomic mass is 9.76. The van der Waals surface area contributed by atoms with Crippen LogP contribution in [-0.4, -0.2) is 34.9 Å². The van der Waals surface area contributed by atoms with Crippen LogP contribution in [0.25, 0.3) is 0 Å². The van der Waals surface area contributed by atoms with Crippen LogP contribution in [0, 0.1) is 5.92 Å². The van der Waals surface area contributed by atoms with Crippen molar-refractivity contribution in [3.63, 3.8) is 0 Å². The maximum atomic E-state index is 12.5. The van der Waals surface area contributed by atoms with Crippen molar-refractivity contribution < 1.29 is 19.4 Å². The lowest BCUT2D eigenvalue weighted by Gasteiger charge is -2.38. The molecule has 6 nitrogen and oxygen atoms in total. The van der Waals surface area contributed by atoms with Crippen LogP contribution in [0.4, 0.5) is 0 Å². The summed E-state index contributed by atoms with van der Waals surface area (Å²) in [6, 6.07) is 11.6. The third kappa shape index (κ3) is 4.39. The molecule has 2 aromatic rings. The summed E-state index contributed by atoms with van der Waals surface area (Å²) in [5.41, 5.74) is 2.01. The van der Waals surface area contributed by atoms with Crippen LogP contribution in [0.5, 0.6) is 11.5 Å². The minimum atomic E-state index is -0.244. The van der Waals surface area contributed by atoms with E-state index in [0.29, 0.717) is 25.2 Å². The number of ether oxygens (including phenoxy) is 2. The molecule has 1 atom stereocenters. The van der Waals surface area contributed by atoms with Crippen LogP contribution in [0.2, 0.25) is 0 Å². The molecule has 1 fully saturated rings. The molecule has 1 saturated carbocycles. The Kier molecular flexibility index (Phi) is 5.25. The highest BCUT2D eigenvalue weighted by atomic mass is 16.7. The zero-order chi connectivity index (χ0) is 18.6. The van der Waals surface area contributed by atoms with E-state index in [1.165, 1.54) is 0 Å². The summed E-state index contributed by atoms with van der Waals surface area (Å²) in [6.07, 6.45) is 4.74. The number of hydrogen-bond donors (Lipinski definition) is 2. The Balaban J connectivity index is 1.33. The molecule has 27 heavy (non-hydrogen) atoms. The normalized spacial score (nSPS) is 21.4. The van der Waals surface area contributed by atoms with Crippen LogP contribution in [0.15, 0.2) is 42.6 Å². The third-order valence-electron chi connectivity index (χ3n) is 5.30. The summed E-state index contributed by atoms with van der Waals surface area (Å²) >= 11 is 0. The predicted octanol–water partition coefficient (Wildman–Crippen LogP) is 2.24. The lowest BCUT2D eigenvalue weighted by Crippen LogP contribution is -2.48. The summed E-state index contributed by atoms with van der Waals surface area (Å²) in [4.78, 5) is 16.9. The molecule has 1 aliphatic carbocycles. The Bertz CT molecular complexity index is 790. The molecule has 1 aromatic heterocycles.